The third-order valence-corrected chi connectivity index (χ3v) is 10.0. The van der Waals surface area contributed by atoms with E-state index in [2.05, 4.69) is 13.8 Å². The Hall–Kier alpha value is -1.67. The molecule has 51 heavy (non-hydrogen) atoms. The number of carbonyl (C=O) groups excluding carboxylic acids is 2. The molecule has 0 bridgehead atoms. The van der Waals surface area contributed by atoms with E-state index in [1.54, 1.807) is 0 Å². The summed E-state index contributed by atoms with van der Waals surface area (Å²) in [5, 5.41) is 9.60. The maximum absolute atomic E-state index is 12.7. The smallest absolute Gasteiger partial charge is 0.362 e. The second kappa shape index (κ2) is 35.4. The van der Waals surface area contributed by atoms with Crippen LogP contribution in [0.25, 0.3) is 0 Å². The predicted molar refractivity (Wildman–Crippen MR) is 211 cm³/mol. The molecular weight excluding hydrogens is 642 g/mol. The zero-order chi connectivity index (χ0) is 37.8. The van der Waals surface area contributed by atoms with Crippen LogP contribution in [0.15, 0.2) is 0 Å². The van der Waals surface area contributed by atoms with Gasteiger partial charge in [-0.1, -0.05) is 174 Å². The molecule has 0 aliphatic heterocycles. The number of carbonyl (C=O) groups is 3. The van der Waals surface area contributed by atoms with Crippen molar-refractivity contribution in [2.45, 2.75) is 219 Å². The lowest BCUT2D eigenvalue weighted by molar-refractivity contribution is -0.887. The summed E-state index contributed by atoms with van der Waals surface area (Å²) in [4.78, 5) is 36.9. The van der Waals surface area contributed by atoms with Gasteiger partial charge in [-0.2, -0.15) is 0 Å². The number of likely N-dealkylation sites (N-methyl/N-ethyl adjacent to an activating group) is 1. The number of ether oxygens (including phenoxy) is 3. The minimum atomic E-state index is -0.871. The lowest BCUT2D eigenvalue weighted by Gasteiger charge is -2.31. The van der Waals surface area contributed by atoms with Gasteiger partial charge in [0.25, 0.3) is 0 Å². The van der Waals surface area contributed by atoms with Crippen molar-refractivity contribution < 1.29 is 38.2 Å². The van der Waals surface area contributed by atoms with Crippen LogP contribution >= 0.6 is 0 Å². The van der Waals surface area contributed by atoms with Crippen molar-refractivity contribution in [1.29, 1.82) is 0 Å². The first-order chi connectivity index (χ1) is 24.6. The highest BCUT2D eigenvalue weighted by molar-refractivity contribution is 5.72. The topological polar surface area (TPSA) is 99.1 Å². The molecule has 0 heterocycles. The van der Waals surface area contributed by atoms with Crippen molar-refractivity contribution >= 4 is 17.9 Å². The van der Waals surface area contributed by atoms with Gasteiger partial charge in [0, 0.05) is 19.3 Å². The van der Waals surface area contributed by atoms with Gasteiger partial charge in [0.2, 0.25) is 0 Å². The molecule has 0 aromatic carbocycles. The lowest BCUT2D eigenvalue weighted by Crippen LogP contribution is -2.50. The fourth-order valence-electron chi connectivity index (χ4n) is 6.62. The van der Waals surface area contributed by atoms with Gasteiger partial charge >= 0.3 is 17.9 Å². The fourth-order valence-corrected chi connectivity index (χ4v) is 6.62. The van der Waals surface area contributed by atoms with Crippen molar-refractivity contribution in [2.24, 2.45) is 0 Å². The third-order valence-electron chi connectivity index (χ3n) is 10.0. The molecule has 0 saturated heterocycles. The standard InChI is InChI=1S/C43H83NO7/c1-6-8-10-12-14-16-18-20-21-22-24-25-27-29-31-33-41(45)50-38-39(37-49-36-35-40(43(47)48)44(3,4)5)51-42(46)34-32-30-28-26-23-19-17-15-13-11-9-7-2/h39-40H,6-38H2,1-5H3/p+1. The molecule has 0 amide bonds. The van der Waals surface area contributed by atoms with Crippen LogP contribution in [0.3, 0.4) is 0 Å². The van der Waals surface area contributed by atoms with Crippen molar-refractivity contribution in [2.75, 3.05) is 41.0 Å². The molecule has 8 nitrogen and oxygen atoms in total. The average molecular weight is 727 g/mol. The second-order valence-corrected chi connectivity index (χ2v) is 16.0. The molecule has 2 atom stereocenters. The van der Waals surface area contributed by atoms with Crippen LogP contribution in [0, 0.1) is 0 Å². The Morgan fingerprint density at radius 3 is 1.22 bits per heavy atom. The molecular formula is C43H84NO7+. The molecule has 0 spiro atoms. The SMILES string of the molecule is CCCCCCCCCCCCCCCCCC(=O)OCC(COCCC(C(=O)O)[N+](C)(C)C)OC(=O)CCCCCCCCCCCCCC. The van der Waals surface area contributed by atoms with E-state index >= 15 is 0 Å². The van der Waals surface area contributed by atoms with Gasteiger partial charge in [-0.25, -0.2) is 4.79 Å². The number of hydrogen-bond donors (Lipinski definition) is 1. The van der Waals surface area contributed by atoms with Gasteiger partial charge in [0.15, 0.2) is 12.1 Å². The highest BCUT2D eigenvalue weighted by Crippen LogP contribution is 2.16. The zero-order valence-electron chi connectivity index (χ0n) is 34.3. The quantitative estimate of drug-likeness (QED) is 0.0382. The van der Waals surface area contributed by atoms with Gasteiger partial charge in [-0.3, -0.25) is 9.59 Å². The number of quaternary nitrogens is 1. The highest BCUT2D eigenvalue weighted by atomic mass is 16.6. The highest BCUT2D eigenvalue weighted by Gasteiger charge is 2.31. The van der Waals surface area contributed by atoms with Crippen LogP contribution in [-0.2, 0) is 28.6 Å². The van der Waals surface area contributed by atoms with Crippen LogP contribution in [0.2, 0.25) is 0 Å². The molecule has 0 aromatic rings. The molecule has 0 saturated carbocycles. The number of aliphatic carboxylic acids is 1. The van der Waals surface area contributed by atoms with Gasteiger partial charge in [-0.05, 0) is 12.8 Å². The Kier molecular flexibility index (Phi) is 34.2. The molecule has 302 valence electrons. The average Bonchev–Trinajstić information content (AvgIpc) is 3.08. The number of hydrogen-bond acceptors (Lipinski definition) is 6. The Labute approximate surface area is 315 Å². The summed E-state index contributed by atoms with van der Waals surface area (Å²) in [7, 11) is 5.53. The largest absolute Gasteiger partial charge is 0.477 e. The summed E-state index contributed by atoms with van der Waals surface area (Å²) < 4.78 is 17.3. The molecule has 0 aliphatic carbocycles. The Morgan fingerprint density at radius 1 is 0.510 bits per heavy atom. The van der Waals surface area contributed by atoms with E-state index in [1.165, 1.54) is 135 Å². The summed E-state index contributed by atoms with van der Waals surface area (Å²) in [5.74, 6) is -1.45. The lowest BCUT2D eigenvalue weighted by atomic mass is 10.0. The zero-order valence-corrected chi connectivity index (χ0v) is 34.3. The molecule has 0 aliphatic rings. The number of rotatable bonds is 39. The number of esters is 2. The van der Waals surface area contributed by atoms with Gasteiger partial charge in [0.1, 0.15) is 6.61 Å². The van der Waals surface area contributed by atoms with Crippen molar-refractivity contribution in [1.82, 2.24) is 0 Å². The van der Waals surface area contributed by atoms with Gasteiger partial charge in [0.05, 0.1) is 34.4 Å². The van der Waals surface area contributed by atoms with Crippen LogP contribution in [0.5, 0.6) is 0 Å². The molecule has 2 unspecified atom stereocenters. The van der Waals surface area contributed by atoms with Crippen molar-refractivity contribution in [3.8, 4) is 0 Å². The van der Waals surface area contributed by atoms with Crippen molar-refractivity contribution in [3.63, 3.8) is 0 Å². The van der Waals surface area contributed by atoms with Crippen LogP contribution in [0.1, 0.15) is 206 Å². The fraction of sp³-hybridized carbons (Fsp3) is 0.930. The van der Waals surface area contributed by atoms with Crippen LogP contribution < -0.4 is 0 Å². The van der Waals surface area contributed by atoms with E-state index in [-0.39, 0.29) is 36.2 Å². The molecule has 0 rings (SSSR count). The summed E-state index contributed by atoms with van der Waals surface area (Å²) in [6, 6.07) is -0.607. The molecule has 0 radical (unpaired) electrons. The first-order valence-electron chi connectivity index (χ1n) is 21.6. The number of carboxylic acid groups (broad SMARTS) is 1. The van der Waals surface area contributed by atoms with Gasteiger partial charge < -0.3 is 23.8 Å². The van der Waals surface area contributed by atoms with E-state index in [0.29, 0.717) is 19.3 Å². The van der Waals surface area contributed by atoms with Crippen molar-refractivity contribution in [3.05, 3.63) is 0 Å². The first kappa shape index (κ1) is 49.3. The number of nitrogens with zero attached hydrogens (tertiary/aromatic N) is 1. The molecule has 0 aromatic heterocycles. The van der Waals surface area contributed by atoms with Crippen LogP contribution in [0.4, 0.5) is 0 Å². The Bertz CT molecular complexity index is 813. The van der Waals surface area contributed by atoms with E-state index < -0.39 is 18.1 Å². The predicted octanol–water partition coefficient (Wildman–Crippen LogP) is 11.4. The minimum absolute atomic E-state index is 0.0422. The summed E-state index contributed by atoms with van der Waals surface area (Å²) in [5.41, 5.74) is 0. The normalized spacial score (nSPS) is 12.9. The summed E-state index contributed by atoms with van der Waals surface area (Å²) in [6.07, 6.45) is 34.2. The number of carboxylic acids is 1. The van der Waals surface area contributed by atoms with E-state index in [0.717, 1.165) is 38.5 Å². The van der Waals surface area contributed by atoms with E-state index in [4.69, 9.17) is 14.2 Å². The Morgan fingerprint density at radius 2 is 0.863 bits per heavy atom. The van der Waals surface area contributed by atoms with Crippen LogP contribution in [-0.4, -0.2) is 80.6 Å². The monoisotopic (exact) mass is 727 g/mol. The second-order valence-electron chi connectivity index (χ2n) is 16.0. The summed E-state index contributed by atoms with van der Waals surface area (Å²) >= 11 is 0. The molecule has 0 fully saturated rings. The summed E-state index contributed by atoms with van der Waals surface area (Å²) in [6.45, 7) is 4.76. The molecule has 8 heteroatoms. The Balaban J connectivity index is 4.30. The van der Waals surface area contributed by atoms with Gasteiger partial charge in [-0.15, -0.1) is 0 Å². The van der Waals surface area contributed by atoms with E-state index in [9.17, 15) is 19.5 Å². The first-order valence-corrected chi connectivity index (χ1v) is 21.6. The molecule has 1 N–H and O–H groups in total. The maximum atomic E-state index is 12.7. The van der Waals surface area contributed by atoms with E-state index in [1.807, 2.05) is 21.1 Å². The third kappa shape index (κ3) is 33.9. The maximum Gasteiger partial charge on any atom is 0.362 e. The minimum Gasteiger partial charge on any atom is -0.477 e. The number of unbranched alkanes of at least 4 members (excludes halogenated alkanes) is 25.